The summed E-state index contributed by atoms with van der Waals surface area (Å²) in [5.74, 6) is -0.595. The van der Waals surface area contributed by atoms with E-state index < -0.39 is 15.8 Å². The maximum absolute atomic E-state index is 11.8. The van der Waals surface area contributed by atoms with Gasteiger partial charge in [-0.1, -0.05) is 13.3 Å². The molecule has 0 aliphatic rings. The lowest BCUT2D eigenvalue weighted by atomic mass is 10.2. The van der Waals surface area contributed by atoms with Crippen LogP contribution in [0.25, 0.3) is 0 Å². The van der Waals surface area contributed by atoms with Crippen LogP contribution in [-0.2, 0) is 20.3 Å². The number of nitrogens with zero attached hydrogens (tertiary/aromatic N) is 1. The van der Waals surface area contributed by atoms with Crippen LogP contribution in [-0.4, -0.2) is 32.2 Å². The van der Waals surface area contributed by atoms with Crippen LogP contribution in [0.5, 0.6) is 0 Å². The first-order valence-corrected chi connectivity index (χ1v) is 7.54. The van der Waals surface area contributed by atoms with Crippen molar-refractivity contribution in [1.29, 1.82) is 0 Å². The highest BCUT2D eigenvalue weighted by atomic mass is 32.2. The number of esters is 1. The molecule has 1 aromatic heterocycles. The lowest BCUT2D eigenvalue weighted by Gasteiger charge is -2.07. The Morgan fingerprint density at radius 1 is 1.44 bits per heavy atom. The fourth-order valence-electron chi connectivity index (χ4n) is 1.52. The van der Waals surface area contributed by atoms with Crippen molar-refractivity contribution in [3.63, 3.8) is 0 Å². The van der Waals surface area contributed by atoms with Crippen molar-refractivity contribution in [1.82, 2.24) is 4.98 Å². The van der Waals surface area contributed by atoms with Crippen LogP contribution < -0.4 is 0 Å². The third-order valence-corrected chi connectivity index (χ3v) is 4.15. The summed E-state index contributed by atoms with van der Waals surface area (Å²) in [5.41, 5.74) is 0.646. The fourth-order valence-corrected chi connectivity index (χ4v) is 3.10. The third kappa shape index (κ3) is 4.10. The summed E-state index contributed by atoms with van der Waals surface area (Å²) in [5, 5.41) is 0. The molecular formula is C12H17NO4S. The Bertz CT molecular complexity index is 511. The maximum Gasteiger partial charge on any atom is 0.338 e. The van der Waals surface area contributed by atoms with Crippen LogP contribution in [0.4, 0.5) is 0 Å². The number of unbranched alkanes of at least 4 members (excludes halogenated alkanes) is 1. The number of hydrogen-bond donors (Lipinski definition) is 0. The minimum absolute atomic E-state index is 0.124. The molecule has 1 aromatic rings. The molecule has 0 atom stereocenters. The second kappa shape index (κ2) is 6.49. The van der Waals surface area contributed by atoms with E-state index in [1.165, 1.54) is 25.6 Å². The van der Waals surface area contributed by atoms with Crippen LogP contribution in [0, 0.1) is 0 Å². The Hall–Kier alpha value is -1.43. The molecule has 0 radical (unpaired) electrons. The number of rotatable bonds is 6. The smallest absolute Gasteiger partial charge is 0.338 e. The highest BCUT2D eigenvalue weighted by Gasteiger charge is 2.18. The van der Waals surface area contributed by atoms with Gasteiger partial charge in [0, 0.05) is 12.4 Å². The zero-order valence-corrected chi connectivity index (χ0v) is 11.4. The van der Waals surface area contributed by atoms with Gasteiger partial charge in [-0.15, -0.1) is 0 Å². The highest BCUT2D eigenvalue weighted by molar-refractivity contribution is 7.90. The molecule has 0 N–H and O–H groups in total. The SMILES string of the molecule is CCCCS(=O)(=O)Cc1cnccc1C(=O)OC. The average molecular weight is 271 g/mol. The second-order valence-electron chi connectivity index (χ2n) is 3.97. The van der Waals surface area contributed by atoms with E-state index in [2.05, 4.69) is 9.72 Å². The molecule has 18 heavy (non-hydrogen) atoms. The summed E-state index contributed by atoms with van der Waals surface area (Å²) >= 11 is 0. The Balaban J connectivity index is 2.94. The molecule has 5 nitrogen and oxygen atoms in total. The molecule has 0 amide bonds. The molecule has 100 valence electrons. The van der Waals surface area contributed by atoms with Crippen molar-refractivity contribution in [3.8, 4) is 0 Å². The zero-order chi connectivity index (χ0) is 13.6. The van der Waals surface area contributed by atoms with Crippen LogP contribution in [0.3, 0.4) is 0 Å². The number of ether oxygens (including phenoxy) is 1. The molecule has 0 aromatic carbocycles. The topological polar surface area (TPSA) is 73.3 Å². The lowest BCUT2D eigenvalue weighted by molar-refractivity contribution is 0.0599. The molecule has 0 bridgehead atoms. The zero-order valence-electron chi connectivity index (χ0n) is 10.5. The number of hydrogen-bond acceptors (Lipinski definition) is 5. The van der Waals surface area contributed by atoms with E-state index >= 15 is 0 Å². The van der Waals surface area contributed by atoms with E-state index in [1.807, 2.05) is 6.92 Å². The first-order valence-electron chi connectivity index (χ1n) is 5.71. The predicted octanol–water partition coefficient (Wildman–Crippen LogP) is 1.58. The van der Waals surface area contributed by atoms with Crippen LogP contribution in [0.1, 0.15) is 35.7 Å². The first kappa shape index (κ1) is 14.6. The number of carbonyl (C=O) groups is 1. The molecular weight excluding hydrogens is 254 g/mol. The van der Waals surface area contributed by atoms with E-state index in [1.54, 1.807) is 0 Å². The van der Waals surface area contributed by atoms with Gasteiger partial charge in [-0.3, -0.25) is 4.98 Å². The fraction of sp³-hybridized carbons (Fsp3) is 0.500. The van der Waals surface area contributed by atoms with Crippen molar-refractivity contribution < 1.29 is 17.9 Å². The van der Waals surface area contributed by atoms with Crippen LogP contribution >= 0.6 is 0 Å². The number of methoxy groups -OCH3 is 1. The summed E-state index contributed by atoms with van der Waals surface area (Å²) in [7, 11) is -1.95. The molecule has 0 aliphatic heterocycles. The Kier molecular flexibility index (Phi) is 5.27. The van der Waals surface area contributed by atoms with Gasteiger partial charge in [-0.05, 0) is 18.1 Å². The van der Waals surface area contributed by atoms with Gasteiger partial charge in [-0.25, -0.2) is 13.2 Å². The van der Waals surface area contributed by atoms with Gasteiger partial charge in [0.2, 0.25) is 0 Å². The summed E-state index contributed by atoms with van der Waals surface area (Å²) in [4.78, 5) is 15.3. The number of sulfone groups is 1. The summed E-state index contributed by atoms with van der Waals surface area (Å²) in [6.45, 7) is 1.93. The number of carbonyl (C=O) groups excluding carboxylic acids is 1. The molecule has 0 unspecified atom stereocenters. The van der Waals surface area contributed by atoms with Crippen molar-refractivity contribution in [2.24, 2.45) is 0 Å². The minimum atomic E-state index is -3.21. The Morgan fingerprint density at radius 2 is 2.17 bits per heavy atom. The average Bonchev–Trinajstić information content (AvgIpc) is 2.36. The molecule has 0 saturated heterocycles. The van der Waals surface area contributed by atoms with Gasteiger partial charge in [0.1, 0.15) is 0 Å². The minimum Gasteiger partial charge on any atom is -0.465 e. The van der Waals surface area contributed by atoms with Crippen molar-refractivity contribution in [2.45, 2.75) is 25.5 Å². The molecule has 0 spiro atoms. The van der Waals surface area contributed by atoms with Gasteiger partial charge in [0.05, 0.1) is 24.2 Å². The molecule has 0 fully saturated rings. The normalized spacial score (nSPS) is 11.2. The van der Waals surface area contributed by atoms with Crippen LogP contribution in [0.15, 0.2) is 18.5 Å². The second-order valence-corrected chi connectivity index (χ2v) is 6.15. The predicted molar refractivity (Wildman–Crippen MR) is 68.0 cm³/mol. The van der Waals surface area contributed by atoms with Gasteiger partial charge >= 0.3 is 5.97 Å². The van der Waals surface area contributed by atoms with Gasteiger partial charge < -0.3 is 4.74 Å². The molecule has 1 heterocycles. The number of aromatic nitrogens is 1. The van der Waals surface area contributed by atoms with E-state index in [-0.39, 0.29) is 17.1 Å². The van der Waals surface area contributed by atoms with Crippen molar-refractivity contribution >= 4 is 15.8 Å². The monoisotopic (exact) mass is 271 g/mol. The molecule has 1 rings (SSSR count). The quantitative estimate of drug-likeness (QED) is 0.734. The van der Waals surface area contributed by atoms with E-state index in [0.29, 0.717) is 12.0 Å². The summed E-state index contributed by atoms with van der Waals surface area (Å²) in [6.07, 6.45) is 4.27. The number of pyridine rings is 1. The Morgan fingerprint density at radius 3 is 2.78 bits per heavy atom. The molecule has 0 aliphatic carbocycles. The van der Waals surface area contributed by atoms with Crippen LogP contribution in [0.2, 0.25) is 0 Å². The van der Waals surface area contributed by atoms with Crippen molar-refractivity contribution in [3.05, 3.63) is 29.6 Å². The largest absolute Gasteiger partial charge is 0.465 e. The molecule has 0 saturated carbocycles. The summed E-state index contributed by atoms with van der Waals surface area (Å²) < 4.78 is 28.3. The standard InChI is InChI=1S/C12H17NO4S/c1-3-4-7-18(15,16)9-10-8-13-6-5-11(10)12(14)17-2/h5-6,8H,3-4,7,9H2,1-2H3. The third-order valence-electron chi connectivity index (χ3n) is 2.49. The van der Waals surface area contributed by atoms with E-state index in [9.17, 15) is 13.2 Å². The first-order chi connectivity index (χ1) is 8.50. The van der Waals surface area contributed by atoms with E-state index in [4.69, 9.17) is 0 Å². The van der Waals surface area contributed by atoms with Gasteiger partial charge in [-0.2, -0.15) is 0 Å². The highest BCUT2D eigenvalue weighted by Crippen LogP contribution is 2.13. The summed E-state index contributed by atoms with van der Waals surface area (Å²) in [6, 6.07) is 1.47. The van der Waals surface area contributed by atoms with E-state index in [0.717, 1.165) is 6.42 Å². The van der Waals surface area contributed by atoms with Gasteiger partial charge in [0.15, 0.2) is 9.84 Å². The van der Waals surface area contributed by atoms with Crippen molar-refractivity contribution in [2.75, 3.05) is 12.9 Å². The van der Waals surface area contributed by atoms with Gasteiger partial charge in [0.25, 0.3) is 0 Å². The molecule has 6 heteroatoms. The lowest BCUT2D eigenvalue weighted by Crippen LogP contribution is -2.13. The Labute approximate surface area is 107 Å². The maximum atomic E-state index is 11.8.